The van der Waals surface area contributed by atoms with Gasteiger partial charge in [-0.3, -0.25) is 9.68 Å². The molecule has 532 valence electrons. The average Bonchev–Trinajstić information content (AvgIpc) is 1.66. The second-order valence-corrected chi connectivity index (χ2v) is 63.8. The fourth-order valence-electron chi connectivity index (χ4n) is 13.2. The van der Waals surface area contributed by atoms with E-state index < -0.39 is 119 Å². The molecule has 0 amide bonds. The van der Waals surface area contributed by atoms with Gasteiger partial charge in [-0.1, -0.05) is 258 Å². The minimum absolute atomic E-state index is 0.0160. The van der Waals surface area contributed by atoms with Gasteiger partial charge < -0.3 is 45.7 Å². The molecule has 2 aromatic rings. The smallest absolute Gasteiger partial charge is 0.335 e. The van der Waals surface area contributed by atoms with E-state index in [0.717, 1.165) is 11.1 Å². The van der Waals surface area contributed by atoms with Crippen LogP contribution in [0.2, 0.25) is 80.6 Å². The predicted octanol–water partition coefficient (Wildman–Crippen LogP) is 17.1. The maximum Gasteiger partial charge on any atom is 0.335 e. The molecule has 5 N–H and O–H groups in total. The van der Waals surface area contributed by atoms with Gasteiger partial charge >= 0.3 is 34.2 Å². The first-order chi connectivity index (χ1) is 42.8. The number of rotatable bonds is 22. The Morgan fingerprint density at radius 3 is 1.09 bits per heavy atom. The second-order valence-electron chi connectivity index (χ2n) is 32.0. The van der Waals surface area contributed by atoms with Crippen molar-refractivity contribution in [3.8, 4) is 12.1 Å². The summed E-state index contributed by atoms with van der Waals surface area (Å²) in [5, 5.41) is 55.8. The van der Waals surface area contributed by atoms with E-state index in [0.29, 0.717) is 24.7 Å². The molecule has 0 aromatic heterocycles. The summed E-state index contributed by atoms with van der Waals surface area (Å²) in [4.78, 5) is 11.2. The highest BCUT2D eigenvalue weighted by atomic mass is 79.9. The van der Waals surface area contributed by atoms with Crippen molar-refractivity contribution in [1.29, 1.82) is 10.5 Å². The van der Waals surface area contributed by atoms with E-state index in [4.69, 9.17) is 51.1 Å². The predicted molar refractivity (Wildman–Crippen MR) is 398 cm³/mol. The molecule has 2 aliphatic heterocycles. The quantitative estimate of drug-likeness (QED) is 0.0321. The molecule has 93 heavy (non-hydrogen) atoms. The Labute approximate surface area is 590 Å². The van der Waals surface area contributed by atoms with E-state index in [-0.39, 0.29) is 69.0 Å². The molecule has 6 rings (SSSR count). The van der Waals surface area contributed by atoms with E-state index in [2.05, 4.69) is 233 Å². The number of fused-ring (bicyclic) bond motifs is 2. The number of nitrogens with zero attached hydrogens (tertiary/aromatic N) is 2. The van der Waals surface area contributed by atoms with Crippen LogP contribution in [0.5, 0.6) is 0 Å². The first-order valence-electron chi connectivity index (χ1n) is 34.1. The number of aliphatic hydroxyl groups is 3. The lowest BCUT2D eigenvalue weighted by Crippen LogP contribution is -2.74. The maximum absolute atomic E-state index is 12.0. The van der Waals surface area contributed by atoms with Gasteiger partial charge in [-0.2, -0.15) is 32.6 Å². The van der Waals surface area contributed by atoms with Crippen LogP contribution in [0.15, 0.2) is 60.7 Å². The van der Waals surface area contributed by atoms with Crippen LogP contribution in [0, 0.1) is 34.5 Å². The van der Waals surface area contributed by atoms with Gasteiger partial charge in [0, 0.05) is 13.2 Å². The van der Waals surface area contributed by atoms with Crippen molar-refractivity contribution in [2.75, 3.05) is 13.2 Å². The summed E-state index contributed by atoms with van der Waals surface area (Å²) in [6.07, 6.45) is -4.51. The summed E-state index contributed by atoms with van der Waals surface area (Å²) in [7, 11) is -15.6. The lowest BCUT2D eigenvalue weighted by atomic mass is 9.67. The van der Waals surface area contributed by atoms with Crippen molar-refractivity contribution in [1.82, 2.24) is 11.0 Å². The normalized spacial score (nSPS) is 29.6. The summed E-state index contributed by atoms with van der Waals surface area (Å²) in [6.45, 7) is 57.3. The van der Waals surface area contributed by atoms with Crippen molar-refractivity contribution in [3.05, 3.63) is 71.8 Å². The Morgan fingerprint density at radius 1 is 0.538 bits per heavy atom. The zero-order valence-electron chi connectivity index (χ0n) is 61.5. The summed E-state index contributed by atoms with van der Waals surface area (Å²) in [6, 6.07) is 24.7. The van der Waals surface area contributed by atoms with Crippen molar-refractivity contribution in [3.63, 3.8) is 0 Å². The molecule has 2 saturated heterocycles. The summed E-state index contributed by atoms with van der Waals surface area (Å²) >= 11 is 13.6. The van der Waals surface area contributed by atoms with Gasteiger partial charge in [0.05, 0.1) is 82.3 Å². The molecule has 12 unspecified atom stereocenters. The molecule has 4 aliphatic rings. The highest BCUT2D eigenvalue weighted by Crippen LogP contribution is 2.56. The lowest BCUT2D eigenvalue weighted by molar-refractivity contribution is -0.170. The van der Waals surface area contributed by atoms with Crippen LogP contribution in [0.3, 0.4) is 0 Å². The molecule has 2 heterocycles. The van der Waals surface area contributed by atoms with Gasteiger partial charge in [-0.25, -0.2) is 0 Å². The van der Waals surface area contributed by atoms with E-state index in [9.17, 15) is 25.8 Å². The van der Waals surface area contributed by atoms with Crippen LogP contribution < -0.4 is 11.0 Å². The largest absolute Gasteiger partial charge is 0.417 e. The third kappa shape index (κ3) is 18.4. The summed E-state index contributed by atoms with van der Waals surface area (Å²) in [5.41, 5.74) is 7.05. The van der Waals surface area contributed by atoms with Gasteiger partial charge in [0.2, 0.25) is 0 Å². The van der Waals surface area contributed by atoms with Crippen LogP contribution >= 0.6 is 42.9 Å². The van der Waals surface area contributed by atoms with Crippen molar-refractivity contribution in [2.24, 2.45) is 11.8 Å². The topological polar surface area (TPSA) is 215 Å². The summed E-state index contributed by atoms with van der Waals surface area (Å²) in [5.74, 6) is -1.53. The number of aliphatic hydroxyl groups excluding tert-OH is 3. The van der Waals surface area contributed by atoms with Crippen LogP contribution in [0.4, 0.5) is 0 Å². The van der Waals surface area contributed by atoms with Gasteiger partial charge in [-0.15, -0.1) is 0 Å². The van der Waals surface area contributed by atoms with Gasteiger partial charge in [0.15, 0.2) is 15.7 Å². The Morgan fingerprint density at radius 2 is 0.828 bits per heavy atom. The van der Waals surface area contributed by atoms with Crippen molar-refractivity contribution in [2.45, 2.75) is 316 Å². The minimum atomic E-state index is -3.08. The molecule has 12 atom stereocenters. The molecule has 2 aliphatic carbocycles. The first kappa shape index (κ1) is 84.8. The molecule has 16 nitrogen and oxygen atoms in total. The Kier molecular flexibility index (Phi) is 30.9. The zero-order chi connectivity index (χ0) is 71.1. The standard InChI is InChI=1S/C34H61BrN2O6Si3.C28H47BrN2O6Si2.C6H15ClSi/c1-23(2)45(24(3)4)41-31-30(38)29(35)28(21-36)34(19-20-40-44(12,13)33(9,10)11,37-39-22-27-17-15-14-16-18-27)32(31)42-46(43-45,25(5)6)26(7)8;1-18(2)38(19(3)4)35-26-25(33)24(29)23(16-30)28(14-15-32,31-34-17-22-12-10-9-11-13-22)27(26)36-39(37-38,20(5)6)21(7)8;1-6(2,3)8(4,5)7/h14-18,23-26,28-32,37-38H,19-20,22H2,1-13H3;9-13,18-21,23-27,31-33H,14-15,17H2,1-8H3;1-5H3. The molecule has 2 aromatic carbocycles. The number of hydrogen-bond donors (Lipinski definition) is 5. The highest BCUT2D eigenvalue weighted by Gasteiger charge is 2.71. The first-order valence-corrected chi connectivity index (χ1v) is 50.8. The van der Waals surface area contributed by atoms with E-state index in [1.807, 2.05) is 60.7 Å². The number of hydrogen-bond acceptors (Lipinski definition) is 16. The highest BCUT2D eigenvalue weighted by molar-refractivity contribution is 9.09. The maximum atomic E-state index is 12.0. The monoisotopic (exact) mass is 1550 g/mol. The van der Waals surface area contributed by atoms with Crippen LogP contribution in [0.25, 0.3) is 0 Å². The molecule has 4 fully saturated rings. The fourth-order valence-corrected chi connectivity index (χ4v) is 38.7. The number of alkyl halides is 2. The zero-order valence-corrected chi connectivity index (χ0v) is 71.4. The van der Waals surface area contributed by atoms with Gasteiger partial charge in [0.1, 0.15) is 12.2 Å². The number of nitriles is 2. The Balaban J connectivity index is 0.000000358. The van der Waals surface area contributed by atoms with E-state index in [1.165, 1.54) is 0 Å². The van der Waals surface area contributed by atoms with Crippen LogP contribution in [-0.2, 0) is 53.2 Å². The molecule has 25 heteroatoms. The Bertz CT molecular complexity index is 2650. The van der Waals surface area contributed by atoms with Crippen molar-refractivity contribution >= 4 is 92.9 Å². The van der Waals surface area contributed by atoms with E-state index in [1.54, 1.807) is 0 Å². The van der Waals surface area contributed by atoms with Gasteiger partial charge in [-0.05, 0) is 91.5 Å². The number of hydroxylamine groups is 2. The van der Waals surface area contributed by atoms with Gasteiger partial charge in [0.25, 0.3) is 0 Å². The minimum Gasteiger partial charge on any atom is -0.417 e. The van der Waals surface area contributed by atoms with E-state index >= 15 is 0 Å². The lowest BCUT2D eigenvalue weighted by Gasteiger charge is -2.55. The number of halogens is 3. The molecular weight excluding hydrogens is 1430 g/mol. The molecule has 0 spiro atoms. The summed E-state index contributed by atoms with van der Waals surface area (Å²) < 4.78 is 50.7. The molecule has 0 bridgehead atoms. The fraction of sp³-hybridized carbons (Fsp3) is 0.794. The third-order valence-corrected chi connectivity index (χ3v) is 53.5. The number of nitrogens with one attached hydrogen (secondary N) is 2. The number of benzene rings is 2. The SMILES string of the molecule is CC(C)(C)[Si](C)(C)Cl.CC(C)[Si]1(C(C)C)OC2C(O)C(Br)C(C#N)C(CCO)(NOCc3ccccc3)C2O[Si](C(C)C)(C(C)C)O1.CC(C)[Si]1(C(C)C)OC2C(O)C(Br)C(C#N)C(CCO[Si](C)(C)C(C)(C)C)(NOCc3ccccc3)C2O[Si](C(C)C)(C(C)C)O1. The third-order valence-electron chi connectivity index (χ3n) is 21.1. The molecule has 0 radical (unpaired) electrons. The van der Waals surface area contributed by atoms with Crippen LogP contribution in [-0.4, -0.2) is 136 Å². The molecular formula is C68H123Br2ClN4O12Si6. The molecule has 2 saturated carbocycles. The van der Waals surface area contributed by atoms with Crippen molar-refractivity contribution < 1.29 is 55.4 Å². The average molecular weight is 1550 g/mol. The Hall–Kier alpha value is -0.589. The second kappa shape index (κ2) is 33.9. The van der Waals surface area contributed by atoms with Crippen LogP contribution in [0.1, 0.15) is 176 Å².